The van der Waals surface area contributed by atoms with Crippen molar-refractivity contribution in [2.24, 2.45) is 0 Å². The van der Waals surface area contributed by atoms with Gasteiger partial charge in [0.15, 0.2) is 5.69 Å². The maximum Gasteiger partial charge on any atom is 0.361 e. The van der Waals surface area contributed by atoms with Crippen molar-refractivity contribution < 1.29 is 23.4 Å². The lowest BCUT2D eigenvalue weighted by Crippen LogP contribution is -2.22. The number of aromatic nitrogens is 3. The SMILES string of the molecule is CCOC(=O)c1nnn(C(C)C(C)O)c1C(F)F. The van der Waals surface area contributed by atoms with Crippen LogP contribution in [0.25, 0.3) is 0 Å². The molecule has 0 radical (unpaired) electrons. The zero-order valence-corrected chi connectivity index (χ0v) is 10.3. The van der Waals surface area contributed by atoms with E-state index in [1.807, 2.05) is 0 Å². The quantitative estimate of drug-likeness (QED) is 0.811. The van der Waals surface area contributed by atoms with Crippen LogP contribution in [0.4, 0.5) is 8.78 Å². The molecule has 1 N–H and O–H groups in total. The highest BCUT2D eigenvalue weighted by Crippen LogP contribution is 2.25. The summed E-state index contributed by atoms with van der Waals surface area (Å²) in [7, 11) is 0. The molecule has 2 unspecified atom stereocenters. The van der Waals surface area contributed by atoms with Crippen LogP contribution in [0.5, 0.6) is 0 Å². The van der Waals surface area contributed by atoms with Gasteiger partial charge >= 0.3 is 5.97 Å². The van der Waals surface area contributed by atoms with Crippen molar-refractivity contribution in [3.8, 4) is 0 Å². The number of hydrogen-bond acceptors (Lipinski definition) is 5. The lowest BCUT2D eigenvalue weighted by atomic mass is 10.2. The zero-order valence-electron chi connectivity index (χ0n) is 10.3. The maximum atomic E-state index is 13.0. The van der Waals surface area contributed by atoms with Gasteiger partial charge < -0.3 is 9.84 Å². The van der Waals surface area contributed by atoms with E-state index in [-0.39, 0.29) is 6.61 Å². The number of carbonyl (C=O) groups excluding carboxylic acids is 1. The van der Waals surface area contributed by atoms with Crippen LogP contribution in [0.2, 0.25) is 0 Å². The minimum atomic E-state index is -2.93. The fourth-order valence-corrected chi connectivity index (χ4v) is 1.35. The Labute approximate surface area is 103 Å². The summed E-state index contributed by atoms with van der Waals surface area (Å²) in [4.78, 5) is 11.4. The summed E-state index contributed by atoms with van der Waals surface area (Å²) in [5.41, 5.74) is -1.15. The number of aliphatic hydroxyl groups is 1. The van der Waals surface area contributed by atoms with Gasteiger partial charge in [-0.05, 0) is 20.8 Å². The standard InChI is InChI=1S/C10H15F2N3O3/c1-4-18-10(17)7-8(9(11)12)15(14-13-7)5(2)6(3)16/h5-6,9,16H,4H2,1-3H3. The third-order valence-corrected chi connectivity index (χ3v) is 2.49. The molecule has 6 nitrogen and oxygen atoms in total. The van der Waals surface area contributed by atoms with E-state index in [1.165, 1.54) is 13.8 Å². The molecule has 8 heteroatoms. The Morgan fingerprint density at radius 1 is 1.50 bits per heavy atom. The molecule has 1 rings (SSSR count). The molecule has 102 valence electrons. The minimum absolute atomic E-state index is 0.0559. The number of esters is 1. The smallest absolute Gasteiger partial charge is 0.361 e. The van der Waals surface area contributed by atoms with Gasteiger partial charge in [0, 0.05) is 0 Å². The van der Waals surface area contributed by atoms with E-state index in [9.17, 15) is 18.7 Å². The van der Waals surface area contributed by atoms with Crippen molar-refractivity contribution in [3.05, 3.63) is 11.4 Å². The number of ether oxygens (including phenoxy) is 1. The first kappa shape index (κ1) is 14.5. The molecule has 0 saturated heterocycles. The summed E-state index contributed by atoms with van der Waals surface area (Å²) in [5, 5.41) is 16.3. The number of alkyl halides is 2. The van der Waals surface area contributed by atoms with Crippen molar-refractivity contribution in [2.75, 3.05) is 6.61 Å². The van der Waals surface area contributed by atoms with Gasteiger partial charge in [0.1, 0.15) is 5.69 Å². The van der Waals surface area contributed by atoms with E-state index in [2.05, 4.69) is 15.0 Å². The van der Waals surface area contributed by atoms with E-state index >= 15 is 0 Å². The number of hydrogen-bond donors (Lipinski definition) is 1. The molecule has 1 heterocycles. The number of halogens is 2. The average molecular weight is 263 g/mol. The Balaban J connectivity index is 3.19. The van der Waals surface area contributed by atoms with Crippen molar-refractivity contribution in [1.82, 2.24) is 15.0 Å². The van der Waals surface area contributed by atoms with Crippen LogP contribution in [0.15, 0.2) is 0 Å². The monoisotopic (exact) mass is 263 g/mol. The van der Waals surface area contributed by atoms with Gasteiger partial charge in [-0.25, -0.2) is 18.3 Å². The average Bonchev–Trinajstić information content (AvgIpc) is 2.72. The summed E-state index contributed by atoms with van der Waals surface area (Å²) in [6, 6.07) is -0.718. The van der Waals surface area contributed by atoms with Crippen LogP contribution in [0.1, 0.15) is 49.4 Å². The van der Waals surface area contributed by atoms with Gasteiger partial charge in [0.2, 0.25) is 0 Å². The number of carbonyl (C=O) groups is 1. The second-order valence-corrected chi connectivity index (χ2v) is 3.77. The Bertz CT molecular complexity index is 421. The highest BCUT2D eigenvalue weighted by atomic mass is 19.3. The first-order chi connectivity index (χ1) is 8.40. The molecular weight excluding hydrogens is 248 g/mol. The molecule has 0 bridgehead atoms. The Kier molecular flexibility index (Phi) is 4.71. The van der Waals surface area contributed by atoms with Crippen LogP contribution in [-0.4, -0.2) is 38.8 Å². The molecule has 0 aliphatic carbocycles. The van der Waals surface area contributed by atoms with Crippen LogP contribution >= 0.6 is 0 Å². The van der Waals surface area contributed by atoms with Crippen molar-refractivity contribution >= 4 is 5.97 Å². The number of rotatable bonds is 5. The van der Waals surface area contributed by atoms with Crippen molar-refractivity contribution in [3.63, 3.8) is 0 Å². The Morgan fingerprint density at radius 2 is 2.11 bits per heavy atom. The van der Waals surface area contributed by atoms with Gasteiger partial charge in [-0.1, -0.05) is 5.21 Å². The van der Waals surface area contributed by atoms with Gasteiger partial charge in [-0.15, -0.1) is 5.10 Å². The molecule has 1 aromatic heterocycles. The van der Waals surface area contributed by atoms with Crippen LogP contribution in [0.3, 0.4) is 0 Å². The summed E-state index contributed by atoms with van der Waals surface area (Å²) in [6.45, 7) is 4.55. The Hall–Kier alpha value is -1.57. The summed E-state index contributed by atoms with van der Waals surface area (Å²) in [6.07, 6.45) is -3.83. The van der Waals surface area contributed by atoms with Crippen molar-refractivity contribution in [1.29, 1.82) is 0 Å². The van der Waals surface area contributed by atoms with Crippen LogP contribution in [0, 0.1) is 0 Å². The molecule has 0 amide bonds. The topological polar surface area (TPSA) is 77.2 Å². The highest BCUT2D eigenvalue weighted by Gasteiger charge is 2.30. The predicted molar refractivity (Wildman–Crippen MR) is 57.3 cm³/mol. The van der Waals surface area contributed by atoms with Crippen molar-refractivity contribution in [2.45, 2.75) is 39.3 Å². The van der Waals surface area contributed by atoms with Gasteiger partial charge in [0.25, 0.3) is 6.43 Å². The zero-order chi connectivity index (χ0) is 13.9. The van der Waals surface area contributed by atoms with E-state index in [4.69, 9.17) is 0 Å². The molecule has 0 saturated carbocycles. The first-order valence-corrected chi connectivity index (χ1v) is 5.48. The van der Waals surface area contributed by atoms with E-state index < -0.39 is 35.9 Å². The summed E-state index contributed by atoms with van der Waals surface area (Å²) < 4.78 is 31.4. The predicted octanol–water partition coefficient (Wildman–Crippen LogP) is 1.33. The van der Waals surface area contributed by atoms with Gasteiger partial charge in [-0.2, -0.15) is 0 Å². The molecule has 0 fully saturated rings. The van der Waals surface area contributed by atoms with Gasteiger partial charge in [-0.3, -0.25) is 0 Å². The summed E-state index contributed by atoms with van der Waals surface area (Å²) in [5.74, 6) is -0.947. The normalized spacial score (nSPS) is 14.6. The minimum Gasteiger partial charge on any atom is -0.461 e. The van der Waals surface area contributed by atoms with E-state index in [0.29, 0.717) is 0 Å². The molecule has 18 heavy (non-hydrogen) atoms. The molecule has 0 aliphatic rings. The Morgan fingerprint density at radius 3 is 2.56 bits per heavy atom. The van der Waals surface area contributed by atoms with E-state index in [1.54, 1.807) is 6.92 Å². The summed E-state index contributed by atoms with van der Waals surface area (Å²) >= 11 is 0. The largest absolute Gasteiger partial charge is 0.461 e. The fourth-order valence-electron chi connectivity index (χ4n) is 1.35. The number of nitrogens with zero attached hydrogens (tertiary/aromatic N) is 3. The lowest BCUT2D eigenvalue weighted by Gasteiger charge is -2.17. The van der Waals surface area contributed by atoms with Crippen LogP contribution < -0.4 is 0 Å². The fraction of sp³-hybridized carbons (Fsp3) is 0.700. The second kappa shape index (κ2) is 5.85. The molecule has 1 aromatic rings. The molecule has 0 aromatic carbocycles. The molecular formula is C10H15F2N3O3. The molecule has 0 spiro atoms. The lowest BCUT2D eigenvalue weighted by molar-refractivity contribution is 0.0503. The van der Waals surface area contributed by atoms with Gasteiger partial charge in [0.05, 0.1) is 18.8 Å². The van der Waals surface area contributed by atoms with E-state index in [0.717, 1.165) is 4.68 Å². The number of aliphatic hydroxyl groups excluding tert-OH is 1. The first-order valence-electron chi connectivity index (χ1n) is 5.48. The second-order valence-electron chi connectivity index (χ2n) is 3.77. The molecule has 0 aliphatic heterocycles. The molecule has 2 atom stereocenters. The highest BCUT2D eigenvalue weighted by molar-refractivity contribution is 5.88. The third-order valence-electron chi connectivity index (χ3n) is 2.49. The van der Waals surface area contributed by atoms with Crippen LogP contribution in [-0.2, 0) is 4.74 Å². The third kappa shape index (κ3) is 2.81. The maximum absolute atomic E-state index is 13.0.